The second-order valence-corrected chi connectivity index (χ2v) is 14.7. The van der Waals surface area contributed by atoms with Crippen LogP contribution in [0.3, 0.4) is 0 Å². The van der Waals surface area contributed by atoms with E-state index in [1.165, 1.54) is 0 Å². The zero-order valence-electron chi connectivity index (χ0n) is 18.8. The van der Waals surface area contributed by atoms with Crippen LogP contribution >= 0.6 is 95.6 Å². The molecule has 0 saturated carbocycles. The number of fused-ring (bicyclic) bond motifs is 2. The molecule has 0 unspecified atom stereocenters. The molecule has 4 rings (SSSR count). The minimum Gasteiger partial charge on any atom is -0.488 e. The van der Waals surface area contributed by atoms with Crippen molar-refractivity contribution in [3.63, 3.8) is 0 Å². The fourth-order valence-corrected chi connectivity index (χ4v) is 8.45. The average molecular weight is 904 g/mol. The molecule has 0 N–H and O–H groups in total. The molecule has 37 heavy (non-hydrogen) atoms. The number of hydrogen-bond donors (Lipinski definition) is 0. The van der Waals surface area contributed by atoms with Gasteiger partial charge in [0, 0.05) is 28.7 Å². The van der Waals surface area contributed by atoms with E-state index >= 15 is 0 Å². The van der Waals surface area contributed by atoms with Crippen molar-refractivity contribution >= 4 is 127 Å². The van der Waals surface area contributed by atoms with E-state index in [1.54, 1.807) is 36.4 Å². The van der Waals surface area contributed by atoms with Gasteiger partial charge in [0.05, 0.1) is 18.7 Å². The number of rotatable bonds is 8. The second-order valence-electron chi connectivity index (χ2n) is 7.71. The molecule has 0 aliphatic carbocycles. The van der Waals surface area contributed by atoms with Crippen LogP contribution in [-0.2, 0) is 9.84 Å². The summed E-state index contributed by atoms with van der Waals surface area (Å²) in [5.74, 6) is 1.16. The summed E-state index contributed by atoms with van der Waals surface area (Å²) in [7, 11) is -3.90. The molecular formula is C26H16Br6O4S. The first kappa shape index (κ1) is 29.3. The van der Waals surface area contributed by atoms with Crippen molar-refractivity contribution in [1.29, 1.82) is 0 Å². The highest BCUT2D eigenvalue weighted by molar-refractivity contribution is 9.13. The number of hydrogen-bond acceptors (Lipinski definition) is 4. The smallest absolute Gasteiger partial charge is 0.206 e. The lowest BCUT2D eigenvalue weighted by Gasteiger charge is -2.16. The topological polar surface area (TPSA) is 52.6 Å². The van der Waals surface area contributed by atoms with Gasteiger partial charge in [-0.05, 0) is 143 Å². The van der Waals surface area contributed by atoms with Crippen LogP contribution in [0.2, 0.25) is 0 Å². The van der Waals surface area contributed by atoms with E-state index in [1.807, 2.05) is 12.1 Å². The number of ether oxygens (including phenoxy) is 2. The molecular weight excluding hydrogens is 888 g/mol. The van der Waals surface area contributed by atoms with Crippen molar-refractivity contribution in [3.05, 3.63) is 88.5 Å². The Balaban J connectivity index is 1.93. The first-order chi connectivity index (χ1) is 17.5. The highest BCUT2D eigenvalue weighted by Gasteiger charge is 2.25. The van der Waals surface area contributed by atoms with Crippen LogP contribution in [0, 0.1) is 0 Å². The molecule has 0 atom stereocenters. The minimum atomic E-state index is -3.90. The summed E-state index contributed by atoms with van der Waals surface area (Å²) < 4.78 is 43.6. The Morgan fingerprint density at radius 1 is 0.622 bits per heavy atom. The molecule has 4 aromatic carbocycles. The largest absolute Gasteiger partial charge is 0.488 e. The van der Waals surface area contributed by atoms with Gasteiger partial charge in [-0.3, -0.25) is 0 Å². The van der Waals surface area contributed by atoms with Crippen LogP contribution < -0.4 is 9.47 Å². The highest BCUT2D eigenvalue weighted by atomic mass is 79.9. The first-order valence-electron chi connectivity index (χ1n) is 10.5. The Hall–Kier alpha value is -0.690. The fourth-order valence-electron chi connectivity index (χ4n) is 3.75. The summed E-state index contributed by atoms with van der Waals surface area (Å²) in [6.07, 6.45) is 3.29. The van der Waals surface area contributed by atoms with Gasteiger partial charge in [-0.25, -0.2) is 8.42 Å². The molecule has 0 saturated heterocycles. The van der Waals surface area contributed by atoms with Gasteiger partial charge < -0.3 is 9.47 Å². The van der Waals surface area contributed by atoms with Crippen molar-refractivity contribution in [2.24, 2.45) is 0 Å². The van der Waals surface area contributed by atoms with Crippen LogP contribution in [-0.4, -0.2) is 21.6 Å². The Bertz CT molecular complexity index is 1580. The lowest BCUT2D eigenvalue weighted by atomic mass is 10.1. The van der Waals surface area contributed by atoms with Crippen LogP contribution in [0.4, 0.5) is 0 Å². The molecule has 0 amide bonds. The van der Waals surface area contributed by atoms with Crippen LogP contribution in [0.25, 0.3) is 21.5 Å². The Morgan fingerprint density at radius 3 is 1.35 bits per heavy atom. The zero-order chi connectivity index (χ0) is 27.1. The lowest BCUT2D eigenvalue weighted by Crippen LogP contribution is -2.04. The average Bonchev–Trinajstić information content (AvgIpc) is 2.84. The third kappa shape index (κ3) is 5.64. The predicted octanol–water partition coefficient (Wildman–Crippen LogP) is 10.5. The highest BCUT2D eigenvalue weighted by Crippen LogP contribution is 2.46. The fraction of sp³-hybridized carbons (Fsp3) is 0.0769. The van der Waals surface area contributed by atoms with Gasteiger partial charge in [0.25, 0.3) is 0 Å². The molecule has 192 valence electrons. The summed E-state index contributed by atoms with van der Waals surface area (Å²) in [5, 5.41) is 2.86. The summed E-state index contributed by atoms with van der Waals surface area (Å²) >= 11 is 21.3. The van der Waals surface area contributed by atoms with E-state index < -0.39 is 9.84 Å². The van der Waals surface area contributed by atoms with Gasteiger partial charge in [-0.2, -0.15) is 0 Å². The molecule has 0 aromatic heterocycles. The van der Waals surface area contributed by atoms with Crippen molar-refractivity contribution in [2.75, 3.05) is 13.2 Å². The van der Waals surface area contributed by atoms with Crippen LogP contribution in [0.15, 0.2) is 98.3 Å². The molecule has 0 heterocycles. The summed E-state index contributed by atoms with van der Waals surface area (Å²) in [6.45, 7) is 8.00. The van der Waals surface area contributed by atoms with Gasteiger partial charge in [0.2, 0.25) is 9.84 Å². The van der Waals surface area contributed by atoms with E-state index in [9.17, 15) is 8.42 Å². The second kappa shape index (κ2) is 11.8. The van der Waals surface area contributed by atoms with Gasteiger partial charge >= 0.3 is 0 Å². The molecule has 4 aromatic rings. The molecule has 0 fully saturated rings. The van der Waals surface area contributed by atoms with Gasteiger partial charge in [0.1, 0.15) is 24.7 Å². The SMILES string of the molecule is C=CCOc1c(Br)c(Br)cc2cc(S(=O)(=O)c3cc(Br)c4c(OCC=C)c(Br)c(Br)cc4c3)cc(Br)c12. The van der Waals surface area contributed by atoms with E-state index in [2.05, 4.69) is 109 Å². The van der Waals surface area contributed by atoms with Gasteiger partial charge in [-0.15, -0.1) is 0 Å². The van der Waals surface area contributed by atoms with Gasteiger partial charge in [-0.1, -0.05) is 25.3 Å². The van der Waals surface area contributed by atoms with E-state index in [4.69, 9.17) is 9.47 Å². The third-order valence-electron chi connectivity index (χ3n) is 5.34. The van der Waals surface area contributed by atoms with Crippen molar-refractivity contribution < 1.29 is 17.9 Å². The standard InChI is InChI=1S/C26H16Br6O4S/c1-3-5-35-25-21-13(9-19(29)23(25)31)7-15(11-17(21)27)37(33,34)16-8-14-10-20(30)24(32)26(36-6-4-2)22(14)18(28)12-16/h3-4,7-12H,1-2,5-6H2. The summed E-state index contributed by atoms with van der Waals surface area (Å²) in [6, 6.07) is 10.2. The van der Waals surface area contributed by atoms with Gasteiger partial charge in [0.15, 0.2) is 0 Å². The van der Waals surface area contributed by atoms with E-state index in [0.717, 1.165) is 28.7 Å². The van der Waals surface area contributed by atoms with Crippen molar-refractivity contribution in [1.82, 2.24) is 0 Å². The molecule has 0 aliphatic heterocycles. The maximum atomic E-state index is 13.9. The predicted molar refractivity (Wildman–Crippen MR) is 171 cm³/mol. The van der Waals surface area contributed by atoms with Crippen LogP contribution in [0.1, 0.15) is 0 Å². The number of sulfone groups is 1. The van der Waals surface area contributed by atoms with Crippen molar-refractivity contribution in [2.45, 2.75) is 9.79 Å². The quantitative estimate of drug-likeness (QED) is 0.165. The molecule has 0 bridgehead atoms. The van der Waals surface area contributed by atoms with Crippen LogP contribution in [0.5, 0.6) is 11.5 Å². The van der Waals surface area contributed by atoms with E-state index in [-0.39, 0.29) is 9.79 Å². The van der Waals surface area contributed by atoms with Crippen molar-refractivity contribution in [3.8, 4) is 11.5 Å². The Morgan fingerprint density at radius 2 is 1.00 bits per heavy atom. The monoisotopic (exact) mass is 898 g/mol. The number of benzene rings is 4. The first-order valence-corrected chi connectivity index (χ1v) is 16.7. The third-order valence-corrected chi connectivity index (χ3v) is 12.2. The zero-order valence-corrected chi connectivity index (χ0v) is 29.1. The maximum absolute atomic E-state index is 13.9. The molecule has 4 nitrogen and oxygen atoms in total. The molecule has 11 heteroatoms. The van der Waals surface area contributed by atoms with E-state index in [0.29, 0.717) is 44.4 Å². The summed E-state index contributed by atoms with van der Waals surface area (Å²) in [5.41, 5.74) is 0. The molecule has 0 aliphatic rings. The Kier molecular flexibility index (Phi) is 9.36. The molecule has 0 radical (unpaired) electrons. The minimum absolute atomic E-state index is 0.140. The normalized spacial score (nSPS) is 11.6. The lowest BCUT2D eigenvalue weighted by molar-refractivity contribution is 0.365. The molecule has 0 spiro atoms. The Labute approximate surface area is 265 Å². The maximum Gasteiger partial charge on any atom is 0.206 e. The summed E-state index contributed by atoms with van der Waals surface area (Å²) in [4.78, 5) is 0.280. The number of halogens is 6.